The molecule has 0 atom stereocenters. The molecule has 8 heteroatoms. The number of fused-ring (bicyclic) bond motifs is 1. The molecular weight excluding hydrogens is 508 g/mol. The molecule has 1 N–H and O–H groups in total. The van der Waals surface area contributed by atoms with Crippen LogP contribution in [0.1, 0.15) is 34.5 Å². The highest BCUT2D eigenvalue weighted by Gasteiger charge is 2.17. The van der Waals surface area contributed by atoms with Crippen LogP contribution in [0.4, 0.5) is 5.82 Å². The number of ether oxygens (including phenoxy) is 1. The molecule has 7 nitrogen and oxygen atoms in total. The van der Waals surface area contributed by atoms with E-state index in [4.69, 9.17) is 9.84 Å². The van der Waals surface area contributed by atoms with Gasteiger partial charge in [0.2, 0.25) is 0 Å². The number of rotatable bonds is 9. The van der Waals surface area contributed by atoms with Crippen LogP contribution in [0.3, 0.4) is 0 Å². The van der Waals surface area contributed by atoms with E-state index in [1.54, 1.807) is 16.0 Å². The fourth-order valence-corrected chi connectivity index (χ4v) is 5.42. The van der Waals surface area contributed by atoms with Gasteiger partial charge in [0.1, 0.15) is 5.82 Å². The van der Waals surface area contributed by atoms with Gasteiger partial charge in [-0.1, -0.05) is 36.4 Å². The molecule has 1 amide bonds. The molecule has 0 fully saturated rings. The smallest absolute Gasteiger partial charge is 0.306 e. The molecule has 3 aromatic carbocycles. The molecule has 5 aromatic rings. The van der Waals surface area contributed by atoms with Gasteiger partial charge < -0.3 is 10.1 Å². The molecule has 0 aliphatic rings. The molecule has 0 radical (unpaired) electrons. The van der Waals surface area contributed by atoms with Gasteiger partial charge in [-0.2, -0.15) is 5.10 Å². The third-order valence-electron chi connectivity index (χ3n) is 6.57. The molecule has 0 bridgehead atoms. The lowest BCUT2D eigenvalue weighted by molar-refractivity contribution is -0.147. The predicted molar refractivity (Wildman–Crippen MR) is 155 cm³/mol. The van der Waals surface area contributed by atoms with Crippen molar-refractivity contribution in [2.45, 2.75) is 40.0 Å². The van der Waals surface area contributed by atoms with Gasteiger partial charge in [0, 0.05) is 18.1 Å². The van der Waals surface area contributed by atoms with Crippen LogP contribution in [0, 0.1) is 20.8 Å². The Balaban J connectivity index is 1.22. The second-order valence-electron chi connectivity index (χ2n) is 9.55. The minimum atomic E-state index is -0.421. The summed E-state index contributed by atoms with van der Waals surface area (Å²) in [7, 11) is 0. The van der Waals surface area contributed by atoms with Crippen molar-refractivity contribution < 1.29 is 14.3 Å². The van der Waals surface area contributed by atoms with Crippen molar-refractivity contribution in [1.82, 2.24) is 14.8 Å². The van der Waals surface area contributed by atoms with E-state index in [2.05, 4.69) is 43.2 Å². The summed E-state index contributed by atoms with van der Waals surface area (Å²) in [6.07, 6.45) is 1.53. The Morgan fingerprint density at radius 2 is 1.67 bits per heavy atom. The van der Waals surface area contributed by atoms with Gasteiger partial charge in [-0.15, -0.1) is 11.3 Å². The Morgan fingerprint density at radius 1 is 0.923 bits per heavy atom. The third-order valence-corrected chi connectivity index (χ3v) is 7.66. The Bertz CT molecular complexity index is 1610. The van der Waals surface area contributed by atoms with Crippen molar-refractivity contribution >= 4 is 39.2 Å². The first-order chi connectivity index (χ1) is 18.9. The first kappa shape index (κ1) is 26.3. The number of aromatic nitrogens is 3. The Kier molecular flexibility index (Phi) is 7.84. The minimum Gasteiger partial charge on any atom is -0.456 e. The van der Waals surface area contributed by atoms with Gasteiger partial charge in [0.25, 0.3) is 5.91 Å². The average Bonchev–Trinajstić information content (AvgIpc) is 3.54. The number of esters is 1. The van der Waals surface area contributed by atoms with Crippen LogP contribution >= 0.6 is 11.3 Å². The monoisotopic (exact) mass is 538 g/mol. The van der Waals surface area contributed by atoms with Crippen molar-refractivity contribution in [3.05, 3.63) is 94.5 Å². The second kappa shape index (κ2) is 11.6. The highest BCUT2D eigenvalue weighted by atomic mass is 32.1. The summed E-state index contributed by atoms with van der Waals surface area (Å²) in [6, 6.07) is 23.7. The number of para-hydroxylation sites is 2. The van der Waals surface area contributed by atoms with Crippen LogP contribution in [0.15, 0.2) is 72.8 Å². The number of nitrogens with zero attached hydrogens (tertiary/aromatic N) is 3. The van der Waals surface area contributed by atoms with Gasteiger partial charge in [0.05, 0.1) is 26.6 Å². The molecule has 198 valence electrons. The molecular formula is C31H30N4O3S. The molecule has 0 aliphatic carbocycles. The van der Waals surface area contributed by atoms with E-state index in [0.29, 0.717) is 18.7 Å². The number of amides is 1. The summed E-state index contributed by atoms with van der Waals surface area (Å²) in [6.45, 7) is 5.85. The van der Waals surface area contributed by atoms with Crippen LogP contribution in [-0.2, 0) is 20.7 Å². The molecule has 39 heavy (non-hydrogen) atoms. The topological polar surface area (TPSA) is 86.1 Å². The van der Waals surface area contributed by atoms with Crippen LogP contribution in [0.25, 0.3) is 27.2 Å². The number of benzene rings is 3. The molecule has 0 spiro atoms. The number of nitrogens with one attached hydrogen (secondary N) is 1. The van der Waals surface area contributed by atoms with E-state index < -0.39 is 11.9 Å². The summed E-state index contributed by atoms with van der Waals surface area (Å²) < 4.78 is 8.09. The van der Waals surface area contributed by atoms with E-state index in [9.17, 15) is 9.59 Å². The Labute approximate surface area is 231 Å². The SMILES string of the molecule is Cc1cc(C)c(-c2cc(NC(=O)COC(=O)CCCc3nc4ccccc4s3)n(-c3ccccc3)n2)cc1C. The van der Waals surface area contributed by atoms with Gasteiger partial charge in [-0.25, -0.2) is 9.67 Å². The number of carbonyl (C=O) groups excluding carboxylic acids is 2. The average molecular weight is 539 g/mol. The van der Waals surface area contributed by atoms with Crippen molar-refractivity contribution in [2.75, 3.05) is 11.9 Å². The van der Waals surface area contributed by atoms with Crippen molar-refractivity contribution in [1.29, 1.82) is 0 Å². The van der Waals surface area contributed by atoms with E-state index >= 15 is 0 Å². The van der Waals surface area contributed by atoms with E-state index in [0.717, 1.165) is 37.7 Å². The first-order valence-corrected chi connectivity index (χ1v) is 13.7. The summed E-state index contributed by atoms with van der Waals surface area (Å²) in [4.78, 5) is 29.7. The largest absolute Gasteiger partial charge is 0.456 e. The Hall–Kier alpha value is -4.30. The lowest BCUT2D eigenvalue weighted by Crippen LogP contribution is -2.22. The fourth-order valence-electron chi connectivity index (χ4n) is 4.41. The highest BCUT2D eigenvalue weighted by molar-refractivity contribution is 7.18. The maximum Gasteiger partial charge on any atom is 0.306 e. The van der Waals surface area contributed by atoms with Crippen molar-refractivity contribution in [3.8, 4) is 16.9 Å². The van der Waals surface area contributed by atoms with Gasteiger partial charge >= 0.3 is 5.97 Å². The normalized spacial score (nSPS) is 11.1. The quantitative estimate of drug-likeness (QED) is 0.214. The lowest BCUT2D eigenvalue weighted by Gasteiger charge is -2.09. The lowest BCUT2D eigenvalue weighted by atomic mass is 9.99. The second-order valence-corrected chi connectivity index (χ2v) is 10.7. The maximum atomic E-state index is 12.8. The number of hydrogen-bond acceptors (Lipinski definition) is 6. The standard InChI is InChI=1S/C31H30N4O3S/c1-20-16-22(3)24(17-21(20)2)26-18-28(35(34-26)23-10-5-4-6-11-23)33-29(36)19-38-31(37)15-9-14-30-32-25-12-7-8-13-27(25)39-30/h4-8,10-13,16-18H,9,14-15,19H2,1-3H3,(H,33,36). The van der Waals surface area contributed by atoms with Gasteiger partial charge in [-0.05, 0) is 80.6 Å². The number of aryl methyl sites for hydroxylation is 4. The molecule has 0 unspecified atom stereocenters. The van der Waals surface area contributed by atoms with E-state index in [-0.39, 0.29) is 13.0 Å². The van der Waals surface area contributed by atoms with Crippen LogP contribution < -0.4 is 5.32 Å². The zero-order valence-corrected chi connectivity index (χ0v) is 23.0. The molecule has 2 aromatic heterocycles. The number of thiazole rings is 1. The van der Waals surface area contributed by atoms with Gasteiger partial charge in [-0.3, -0.25) is 9.59 Å². The number of carbonyl (C=O) groups is 2. The predicted octanol–water partition coefficient (Wildman–Crippen LogP) is 6.58. The van der Waals surface area contributed by atoms with Crippen molar-refractivity contribution in [3.63, 3.8) is 0 Å². The summed E-state index contributed by atoms with van der Waals surface area (Å²) in [5.74, 6) is -0.324. The minimum absolute atomic E-state index is 0.224. The molecule has 0 saturated heterocycles. The van der Waals surface area contributed by atoms with Crippen LogP contribution in [-0.4, -0.2) is 33.2 Å². The van der Waals surface area contributed by atoms with Crippen LogP contribution in [0.5, 0.6) is 0 Å². The number of anilines is 1. The third kappa shape index (κ3) is 6.23. The molecule has 0 aliphatic heterocycles. The summed E-state index contributed by atoms with van der Waals surface area (Å²) >= 11 is 1.63. The zero-order valence-electron chi connectivity index (χ0n) is 22.2. The van der Waals surface area contributed by atoms with Crippen molar-refractivity contribution in [2.24, 2.45) is 0 Å². The zero-order chi connectivity index (χ0) is 27.4. The summed E-state index contributed by atoms with van der Waals surface area (Å²) in [5, 5.41) is 8.67. The van der Waals surface area contributed by atoms with Crippen LogP contribution in [0.2, 0.25) is 0 Å². The fraction of sp³-hybridized carbons (Fsp3) is 0.226. The maximum absolute atomic E-state index is 12.8. The Morgan fingerprint density at radius 3 is 2.46 bits per heavy atom. The molecule has 0 saturated carbocycles. The molecule has 2 heterocycles. The summed E-state index contributed by atoms with van der Waals surface area (Å²) in [5.41, 5.74) is 7.03. The highest BCUT2D eigenvalue weighted by Crippen LogP contribution is 2.29. The van der Waals surface area contributed by atoms with Gasteiger partial charge in [0.15, 0.2) is 6.61 Å². The number of hydrogen-bond donors (Lipinski definition) is 1. The van der Waals surface area contributed by atoms with E-state index in [1.165, 1.54) is 11.1 Å². The van der Waals surface area contributed by atoms with E-state index in [1.807, 2.05) is 60.7 Å². The molecule has 5 rings (SSSR count). The first-order valence-electron chi connectivity index (χ1n) is 12.9.